The number of aryl methyl sites for hydroxylation is 1. The number of pyridine rings is 1. The fourth-order valence-corrected chi connectivity index (χ4v) is 4.14. The Morgan fingerprint density at radius 2 is 1.97 bits per heavy atom. The Labute approximate surface area is 211 Å². The number of fused-ring (bicyclic) bond motifs is 3. The van der Waals surface area contributed by atoms with Crippen molar-refractivity contribution in [1.29, 1.82) is 0 Å². The summed E-state index contributed by atoms with van der Waals surface area (Å²) in [6.45, 7) is 4.86. The lowest BCUT2D eigenvalue weighted by molar-refractivity contribution is -0.153. The Morgan fingerprint density at radius 3 is 2.71 bits per heavy atom. The zero-order chi connectivity index (χ0) is 24.9. The van der Waals surface area contributed by atoms with Crippen LogP contribution in [0.4, 0.5) is 4.79 Å². The second kappa shape index (κ2) is 10.8. The van der Waals surface area contributed by atoms with Gasteiger partial charge in [-0.25, -0.2) is 9.78 Å². The Morgan fingerprint density at radius 1 is 1.14 bits per heavy atom. The van der Waals surface area contributed by atoms with Crippen molar-refractivity contribution in [2.75, 3.05) is 6.79 Å². The highest BCUT2D eigenvalue weighted by molar-refractivity contribution is 9.10. The van der Waals surface area contributed by atoms with Crippen LogP contribution >= 0.6 is 15.9 Å². The summed E-state index contributed by atoms with van der Waals surface area (Å²) in [5.74, 6) is 0.206. The number of imidazole rings is 1. The highest BCUT2D eigenvalue weighted by Gasteiger charge is 2.28. The molecule has 35 heavy (non-hydrogen) atoms. The minimum absolute atomic E-state index is 0.0538. The number of halogens is 1. The molecule has 0 spiro atoms. The van der Waals surface area contributed by atoms with Gasteiger partial charge in [0.25, 0.3) is 0 Å². The summed E-state index contributed by atoms with van der Waals surface area (Å²) in [7, 11) is 0. The average Bonchev–Trinajstić information content (AvgIpc) is 3.13. The molecule has 0 saturated carbocycles. The van der Waals surface area contributed by atoms with Gasteiger partial charge in [0.1, 0.15) is 11.9 Å². The van der Waals surface area contributed by atoms with Crippen molar-refractivity contribution in [3.05, 3.63) is 76.0 Å². The maximum Gasteiger partial charge on any atom is 0.511 e. The summed E-state index contributed by atoms with van der Waals surface area (Å²) in [5, 5.41) is 0. The van der Waals surface area contributed by atoms with E-state index in [4.69, 9.17) is 19.2 Å². The van der Waals surface area contributed by atoms with Crippen LogP contribution in [-0.4, -0.2) is 45.3 Å². The highest BCUT2D eigenvalue weighted by atomic mass is 79.9. The molecule has 9 nitrogen and oxygen atoms in total. The monoisotopic (exact) mass is 540 g/mol. The van der Waals surface area contributed by atoms with Crippen LogP contribution in [0, 0.1) is 6.92 Å². The van der Waals surface area contributed by atoms with Gasteiger partial charge in [0, 0.05) is 34.5 Å². The molecule has 3 aromatic rings. The van der Waals surface area contributed by atoms with Crippen molar-refractivity contribution in [2.24, 2.45) is 4.99 Å². The summed E-state index contributed by atoms with van der Waals surface area (Å²) < 4.78 is 17.6. The lowest BCUT2D eigenvalue weighted by Gasteiger charge is -2.14. The molecule has 1 aliphatic heterocycles. The summed E-state index contributed by atoms with van der Waals surface area (Å²) in [6, 6.07) is 11.2. The van der Waals surface area contributed by atoms with Gasteiger partial charge in [0.05, 0.1) is 23.2 Å². The fraction of sp³-hybridized carbons (Fsp3) is 0.320. The van der Waals surface area contributed by atoms with E-state index < -0.39 is 25.0 Å². The third-order valence-corrected chi connectivity index (χ3v) is 5.75. The first kappa shape index (κ1) is 24.6. The molecule has 0 radical (unpaired) electrons. The van der Waals surface area contributed by atoms with Gasteiger partial charge in [-0.1, -0.05) is 22.0 Å². The van der Waals surface area contributed by atoms with Crippen molar-refractivity contribution >= 4 is 33.8 Å². The molecule has 0 fully saturated rings. The zero-order valence-corrected chi connectivity index (χ0v) is 21.2. The second-order valence-electron chi connectivity index (χ2n) is 8.20. The van der Waals surface area contributed by atoms with Crippen LogP contribution in [0.2, 0.25) is 0 Å². The van der Waals surface area contributed by atoms with Crippen LogP contribution in [0.5, 0.6) is 0 Å². The molecule has 1 aromatic carbocycles. The largest absolute Gasteiger partial charge is 0.511 e. The minimum Gasteiger partial charge on any atom is -0.431 e. The molecule has 1 atom stereocenters. The normalized spacial score (nSPS) is 14.4. The summed E-state index contributed by atoms with van der Waals surface area (Å²) >= 11 is 3.57. The van der Waals surface area contributed by atoms with E-state index in [1.807, 2.05) is 43.3 Å². The molecule has 0 N–H and O–H groups in total. The lowest BCUT2D eigenvalue weighted by atomic mass is 10.0. The van der Waals surface area contributed by atoms with Crippen LogP contribution in [-0.2, 0) is 19.0 Å². The topological polar surface area (TPSA) is 105 Å². The van der Waals surface area contributed by atoms with Crippen molar-refractivity contribution in [2.45, 2.75) is 45.8 Å². The quantitative estimate of drug-likeness (QED) is 0.304. The van der Waals surface area contributed by atoms with Crippen LogP contribution in [0.15, 0.2) is 58.3 Å². The zero-order valence-electron chi connectivity index (χ0n) is 19.6. The van der Waals surface area contributed by atoms with Crippen molar-refractivity contribution in [3.8, 4) is 5.69 Å². The van der Waals surface area contributed by atoms with Gasteiger partial charge in [-0.2, -0.15) is 0 Å². The molecule has 0 bridgehead atoms. The lowest BCUT2D eigenvalue weighted by Crippen LogP contribution is -2.17. The van der Waals surface area contributed by atoms with Gasteiger partial charge in [0.15, 0.2) is 0 Å². The Balaban J connectivity index is 1.59. The number of carbonyl (C=O) groups is 2. The molecule has 182 valence electrons. The molecule has 10 heteroatoms. The van der Waals surface area contributed by atoms with E-state index in [9.17, 15) is 9.59 Å². The summed E-state index contributed by atoms with van der Waals surface area (Å²) in [4.78, 5) is 38.0. The van der Waals surface area contributed by atoms with E-state index in [0.29, 0.717) is 12.1 Å². The Kier molecular flexibility index (Phi) is 7.60. The molecule has 0 unspecified atom stereocenters. The number of hydrogen-bond donors (Lipinski definition) is 0. The number of hydrogen-bond acceptors (Lipinski definition) is 8. The van der Waals surface area contributed by atoms with Crippen LogP contribution in [0.1, 0.15) is 55.5 Å². The van der Waals surface area contributed by atoms with E-state index in [0.717, 1.165) is 32.9 Å². The number of esters is 1. The average molecular weight is 541 g/mol. The molecule has 3 heterocycles. The van der Waals surface area contributed by atoms with Crippen LogP contribution < -0.4 is 0 Å². The van der Waals surface area contributed by atoms with Gasteiger partial charge in [-0.05, 0) is 57.5 Å². The van der Waals surface area contributed by atoms with Gasteiger partial charge in [-0.3, -0.25) is 19.3 Å². The Bertz CT molecular complexity index is 1260. The first-order chi connectivity index (χ1) is 16.8. The molecule has 4 rings (SSSR count). The Hall–Kier alpha value is -3.53. The standard InChI is InChI=1S/C25H25BrN4O5/c1-15(2)35-25(32)34-14-33-22(31)10-8-20-24-28-13-16(3)30(24)21-9-7-17(26)12-18(21)23(29-20)19-6-4-5-11-27-19/h4-7,9,11-13,15,20H,8,10,14H2,1-3H3/t20-/m0/s1. The minimum atomic E-state index is -0.886. The first-order valence-corrected chi connectivity index (χ1v) is 12.0. The third kappa shape index (κ3) is 5.76. The van der Waals surface area contributed by atoms with E-state index in [2.05, 4.69) is 30.5 Å². The van der Waals surface area contributed by atoms with Gasteiger partial charge in [-0.15, -0.1) is 0 Å². The van der Waals surface area contributed by atoms with Gasteiger partial charge >= 0.3 is 12.1 Å². The van der Waals surface area contributed by atoms with Gasteiger partial charge in [0.2, 0.25) is 6.79 Å². The molecule has 0 amide bonds. The number of aliphatic imine (C=N–C) groups is 1. The molecular formula is C25H25BrN4O5. The molecular weight excluding hydrogens is 516 g/mol. The molecule has 0 aliphatic carbocycles. The van der Waals surface area contributed by atoms with E-state index >= 15 is 0 Å². The number of rotatable bonds is 7. The second-order valence-corrected chi connectivity index (χ2v) is 9.11. The predicted molar refractivity (Wildman–Crippen MR) is 132 cm³/mol. The number of benzene rings is 1. The third-order valence-electron chi connectivity index (χ3n) is 5.26. The molecule has 2 aromatic heterocycles. The first-order valence-electron chi connectivity index (χ1n) is 11.2. The van der Waals surface area contributed by atoms with Crippen molar-refractivity contribution in [1.82, 2.24) is 14.5 Å². The van der Waals surface area contributed by atoms with Crippen LogP contribution in [0.3, 0.4) is 0 Å². The van der Waals surface area contributed by atoms with Crippen LogP contribution in [0.25, 0.3) is 5.69 Å². The predicted octanol–water partition coefficient (Wildman–Crippen LogP) is 5.07. The van der Waals surface area contributed by atoms with Gasteiger partial charge < -0.3 is 14.2 Å². The SMILES string of the molecule is Cc1cnc2n1-c1ccc(Br)cc1C(c1ccccn1)=N[C@H]2CCC(=O)OCOC(=O)OC(C)C. The smallest absolute Gasteiger partial charge is 0.431 e. The maximum absolute atomic E-state index is 12.4. The fourth-order valence-electron chi connectivity index (χ4n) is 3.78. The van der Waals surface area contributed by atoms with E-state index in [1.165, 1.54) is 0 Å². The number of aromatic nitrogens is 3. The van der Waals surface area contributed by atoms with E-state index in [1.54, 1.807) is 26.2 Å². The van der Waals surface area contributed by atoms with Crippen molar-refractivity contribution < 1.29 is 23.8 Å². The van der Waals surface area contributed by atoms with Crippen molar-refractivity contribution in [3.63, 3.8) is 0 Å². The summed E-state index contributed by atoms with van der Waals surface area (Å²) in [5.41, 5.74) is 4.22. The molecule has 0 saturated heterocycles. The number of ether oxygens (including phenoxy) is 3. The number of carbonyl (C=O) groups excluding carboxylic acids is 2. The highest BCUT2D eigenvalue weighted by Crippen LogP contribution is 2.34. The number of nitrogens with zero attached hydrogens (tertiary/aromatic N) is 4. The van der Waals surface area contributed by atoms with E-state index in [-0.39, 0.29) is 12.5 Å². The maximum atomic E-state index is 12.4. The molecule has 1 aliphatic rings. The summed E-state index contributed by atoms with van der Waals surface area (Å²) in [6.07, 6.45) is 2.71.